The van der Waals surface area contributed by atoms with Crippen LogP contribution >= 0.6 is 0 Å². The molecule has 0 atom stereocenters. The van der Waals surface area contributed by atoms with Crippen LogP contribution in [0.2, 0.25) is 0 Å². The highest BCUT2D eigenvalue weighted by Gasteiger charge is 2.23. The summed E-state index contributed by atoms with van der Waals surface area (Å²) in [5.41, 5.74) is -1.30. The summed E-state index contributed by atoms with van der Waals surface area (Å²) in [6, 6.07) is 12.7. The number of aromatic hydroxyl groups is 7. The van der Waals surface area contributed by atoms with E-state index in [0.29, 0.717) is 0 Å². The van der Waals surface area contributed by atoms with Gasteiger partial charge in [0.2, 0.25) is 11.5 Å². The zero-order valence-corrected chi connectivity index (χ0v) is 19.9. The number of rotatable bonds is 6. The van der Waals surface area contributed by atoms with Gasteiger partial charge in [-0.25, -0.2) is 14.4 Å². The van der Waals surface area contributed by atoms with Gasteiger partial charge in [0.1, 0.15) is 5.75 Å². The van der Waals surface area contributed by atoms with Crippen LogP contribution in [0.25, 0.3) is 0 Å². The molecule has 204 valence electrons. The molecule has 4 aromatic rings. The molecular formula is C27H18O13. The van der Waals surface area contributed by atoms with Gasteiger partial charge in [0.15, 0.2) is 40.2 Å². The summed E-state index contributed by atoms with van der Waals surface area (Å²) in [5.74, 6) is -11.0. The molecule has 4 aromatic carbocycles. The topological polar surface area (TPSA) is 221 Å². The van der Waals surface area contributed by atoms with Crippen LogP contribution in [0.4, 0.5) is 0 Å². The maximum Gasteiger partial charge on any atom is 0.343 e. The molecule has 0 heterocycles. The number of esters is 3. The second-order valence-corrected chi connectivity index (χ2v) is 8.03. The Kier molecular flexibility index (Phi) is 7.21. The van der Waals surface area contributed by atoms with E-state index in [-0.39, 0.29) is 11.3 Å². The van der Waals surface area contributed by atoms with E-state index < -0.39 is 80.8 Å². The third kappa shape index (κ3) is 5.57. The summed E-state index contributed by atoms with van der Waals surface area (Å²) in [6.07, 6.45) is 0. The van der Waals surface area contributed by atoms with E-state index in [1.165, 1.54) is 12.1 Å². The second-order valence-electron chi connectivity index (χ2n) is 8.03. The summed E-state index contributed by atoms with van der Waals surface area (Å²) in [6.45, 7) is 0. The van der Waals surface area contributed by atoms with Crippen LogP contribution in [0.1, 0.15) is 31.1 Å². The Labute approximate surface area is 223 Å². The minimum atomic E-state index is -1.30. The molecule has 0 fully saturated rings. The van der Waals surface area contributed by atoms with E-state index in [2.05, 4.69) is 0 Å². The highest BCUT2D eigenvalue weighted by molar-refractivity contribution is 5.96. The van der Waals surface area contributed by atoms with E-state index in [4.69, 9.17) is 14.2 Å². The van der Waals surface area contributed by atoms with E-state index >= 15 is 0 Å². The lowest BCUT2D eigenvalue weighted by molar-refractivity contribution is 0.0704. The number of hydrogen-bond donors (Lipinski definition) is 7. The van der Waals surface area contributed by atoms with Crippen molar-refractivity contribution in [2.45, 2.75) is 0 Å². The molecule has 0 spiro atoms. The summed E-state index contributed by atoms with van der Waals surface area (Å²) in [4.78, 5) is 37.7. The number of benzene rings is 4. The third-order valence-corrected chi connectivity index (χ3v) is 5.25. The van der Waals surface area contributed by atoms with E-state index in [9.17, 15) is 50.1 Å². The van der Waals surface area contributed by atoms with Gasteiger partial charge in [0.05, 0.1) is 16.7 Å². The van der Waals surface area contributed by atoms with Crippen molar-refractivity contribution in [2.75, 3.05) is 0 Å². The minimum Gasteiger partial charge on any atom is -0.504 e. The number of phenols is 7. The van der Waals surface area contributed by atoms with Crippen LogP contribution in [-0.4, -0.2) is 53.7 Å². The Morgan fingerprint density at radius 3 is 1.23 bits per heavy atom. The number of ether oxygens (including phenoxy) is 3. The number of carbonyl (C=O) groups is 3. The highest BCUT2D eigenvalue weighted by atomic mass is 16.6. The molecule has 0 aliphatic carbocycles. The molecule has 0 saturated heterocycles. The fraction of sp³-hybridized carbons (Fsp3) is 0. The SMILES string of the molecule is O=C(Oc1ccccc1)c1cc(O)c(O)c(OC(=O)c2cc(O)c(O)c(OC(=O)c3cc(O)c(O)c(O)c3)c2)c1. The number of hydrogen-bond acceptors (Lipinski definition) is 13. The molecule has 0 aromatic heterocycles. The minimum absolute atomic E-state index is 0.179. The zero-order valence-electron chi connectivity index (χ0n) is 19.9. The van der Waals surface area contributed by atoms with Gasteiger partial charge in [-0.15, -0.1) is 0 Å². The van der Waals surface area contributed by atoms with Crippen molar-refractivity contribution in [2.24, 2.45) is 0 Å². The smallest absolute Gasteiger partial charge is 0.343 e. The summed E-state index contributed by atoms with van der Waals surface area (Å²) < 4.78 is 15.1. The number of phenolic OH excluding ortho intramolecular Hbond substituents is 7. The molecule has 0 amide bonds. The van der Waals surface area contributed by atoms with Crippen LogP contribution < -0.4 is 14.2 Å². The molecule has 0 unspecified atom stereocenters. The standard InChI is InChI=1S/C27H18O13/c28-16-6-12(7-17(29)22(16)32)26(36)39-21-11-14(9-19(31)24(21)34)27(37)40-20-10-13(8-18(30)23(20)33)25(35)38-15-4-2-1-3-5-15/h1-11,28-34H. The van der Waals surface area contributed by atoms with Crippen LogP contribution in [0.3, 0.4) is 0 Å². The van der Waals surface area contributed by atoms with Gasteiger partial charge in [-0.1, -0.05) is 18.2 Å². The van der Waals surface area contributed by atoms with Gasteiger partial charge in [0.25, 0.3) is 0 Å². The lowest BCUT2D eigenvalue weighted by Gasteiger charge is -2.12. The predicted molar refractivity (Wildman–Crippen MR) is 132 cm³/mol. The van der Waals surface area contributed by atoms with Crippen LogP contribution in [0.15, 0.2) is 66.7 Å². The maximum atomic E-state index is 12.8. The summed E-state index contributed by atoms with van der Waals surface area (Å²) in [7, 11) is 0. The molecule has 0 bridgehead atoms. The monoisotopic (exact) mass is 550 g/mol. The summed E-state index contributed by atoms with van der Waals surface area (Å²) >= 11 is 0. The van der Waals surface area contributed by atoms with Crippen molar-refractivity contribution < 1.29 is 64.3 Å². The molecule has 0 aliphatic heterocycles. The Morgan fingerprint density at radius 1 is 0.450 bits per heavy atom. The number of carbonyl (C=O) groups excluding carboxylic acids is 3. The Balaban J connectivity index is 1.59. The molecule has 7 N–H and O–H groups in total. The molecule has 0 saturated carbocycles. The van der Waals surface area contributed by atoms with E-state index in [1.807, 2.05) is 0 Å². The van der Waals surface area contributed by atoms with Gasteiger partial charge in [-0.3, -0.25) is 0 Å². The highest BCUT2D eigenvalue weighted by Crippen LogP contribution is 2.41. The van der Waals surface area contributed by atoms with E-state index in [0.717, 1.165) is 36.4 Å². The fourth-order valence-corrected chi connectivity index (χ4v) is 3.27. The quantitative estimate of drug-likeness (QED) is 0.104. The van der Waals surface area contributed by atoms with Crippen molar-refractivity contribution in [1.82, 2.24) is 0 Å². The molecule has 13 heteroatoms. The molecular weight excluding hydrogens is 532 g/mol. The van der Waals surface area contributed by atoms with Crippen molar-refractivity contribution in [3.63, 3.8) is 0 Å². The zero-order chi connectivity index (χ0) is 29.1. The first-order valence-electron chi connectivity index (χ1n) is 11.0. The molecule has 0 radical (unpaired) electrons. The van der Waals surface area contributed by atoms with Crippen molar-refractivity contribution in [1.29, 1.82) is 0 Å². The number of para-hydroxylation sites is 1. The van der Waals surface area contributed by atoms with Gasteiger partial charge in [-0.05, 0) is 48.5 Å². The van der Waals surface area contributed by atoms with Gasteiger partial charge in [-0.2, -0.15) is 0 Å². The van der Waals surface area contributed by atoms with Crippen molar-refractivity contribution in [3.05, 3.63) is 83.4 Å². The van der Waals surface area contributed by atoms with Gasteiger partial charge < -0.3 is 50.0 Å². The summed E-state index contributed by atoms with van der Waals surface area (Å²) in [5, 5.41) is 68.9. The third-order valence-electron chi connectivity index (χ3n) is 5.25. The first-order chi connectivity index (χ1) is 18.9. The average Bonchev–Trinajstić information content (AvgIpc) is 2.92. The maximum absolute atomic E-state index is 12.8. The lowest BCUT2D eigenvalue weighted by atomic mass is 10.1. The predicted octanol–water partition coefficient (Wildman–Crippen LogP) is 3.28. The molecule has 40 heavy (non-hydrogen) atoms. The normalized spacial score (nSPS) is 10.5. The fourth-order valence-electron chi connectivity index (χ4n) is 3.27. The Bertz CT molecular complexity index is 1620. The van der Waals surface area contributed by atoms with Crippen molar-refractivity contribution in [3.8, 4) is 57.5 Å². The van der Waals surface area contributed by atoms with Crippen LogP contribution in [0, 0.1) is 0 Å². The largest absolute Gasteiger partial charge is 0.504 e. The van der Waals surface area contributed by atoms with Crippen molar-refractivity contribution >= 4 is 17.9 Å². The lowest BCUT2D eigenvalue weighted by Crippen LogP contribution is -2.13. The molecule has 0 aliphatic rings. The average molecular weight is 550 g/mol. The Morgan fingerprint density at radius 2 is 0.800 bits per heavy atom. The molecule has 4 rings (SSSR count). The van der Waals surface area contributed by atoms with Crippen LogP contribution in [-0.2, 0) is 0 Å². The first kappa shape index (κ1) is 26.9. The Hall–Kier alpha value is -6.11. The first-order valence-corrected chi connectivity index (χ1v) is 11.0. The second kappa shape index (κ2) is 10.7. The van der Waals surface area contributed by atoms with Gasteiger partial charge >= 0.3 is 17.9 Å². The van der Waals surface area contributed by atoms with Gasteiger partial charge in [0, 0.05) is 0 Å². The van der Waals surface area contributed by atoms with E-state index in [1.54, 1.807) is 18.2 Å². The van der Waals surface area contributed by atoms with Crippen LogP contribution in [0.5, 0.6) is 57.5 Å². The molecule has 13 nitrogen and oxygen atoms in total.